The van der Waals surface area contributed by atoms with E-state index in [1.165, 1.54) is 0 Å². The number of hydrogen-bond acceptors (Lipinski definition) is 5. The molecule has 0 bridgehead atoms. The Morgan fingerprint density at radius 1 is 1.00 bits per heavy atom. The largest absolute Gasteiger partial charge is 1.00 e. The summed E-state index contributed by atoms with van der Waals surface area (Å²) in [5, 5.41) is 14.3. The van der Waals surface area contributed by atoms with Gasteiger partial charge in [0.1, 0.15) is 24.4 Å². The molecule has 8 heteroatoms. The van der Waals surface area contributed by atoms with E-state index in [1.54, 1.807) is 18.2 Å². The van der Waals surface area contributed by atoms with Crippen LogP contribution >= 0.6 is 12.2 Å². The fraction of sp³-hybridized carbons (Fsp3) is 0.276. The maximum absolute atomic E-state index is 12.3. The van der Waals surface area contributed by atoms with Gasteiger partial charge in [0.05, 0.1) is 22.5 Å². The normalized spacial score (nSPS) is 10.6. The van der Waals surface area contributed by atoms with Gasteiger partial charge in [-0.05, 0) is 81.9 Å². The molecule has 1 aliphatic carbocycles. The molecule has 0 spiro atoms. The van der Waals surface area contributed by atoms with E-state index in [9.17, 15) is 9.90 Å². The molecule has 2 aliphatic rings. The lowest BCUT2D eigenvalue weighted by Crippen LogP contribution is -3.00. The van der Waals surface area contributed by atoms with Crippen LogP contribution in [0.1, 0.15) is 38.1 Å². The second-order valence-corrected chi connectivity index (χ2v) is 8.60. The molecule has 0 saturated carbocycles. The molecule has 2 aromatic rings. The second kappa shape index (κ2) is 12.2. The van der Waals surface area contributed by atoms with E-state index >= 15 is 0 Å². The molecule has 4 rings (SSSR count). The number of aromatic carboxylic acids is 1. The molecule has 0 unspecified atom stereocenters. The molecule has 2 aromatic carbocycles. The van der Waals surface area contributed by atoms with Crippen LogP contribution in [0.25, 0.3) is 33.4 Å². The zero-order chi connectivity index (χ0) is 25.8. The van der Waals surface area contributed by atoms with E-state index < -0.39 is 5.97 Å². The first kappa shape index (κ1) is 28.1. The Morgan fingerprint density at radius 3 is 2.35 bits per heavy atom. The molecule has 0 aromatic heterocycles. The molecule has 0 fully saturated rings. The molecule has 37 heavy (non-hydrogen) atoms. The van der Waals surface area contributed by atoms with Crippen LogP contribution in [0, 0.1) is 0 Å². The lowest BCUT2D eigenvalue weighted by atomic mass is 9.90. The number of carboxylic acid groups (broad SMARTS) is 1. The number of isothiocyanates is 1. The van der Waals surface area contributed by atoms with E-state index in [0.29, 0.717) is 22.6 Å². The summed E-state index contributed by atoms with van der Waals surface area (Å²) < 4.78 is 8.75. The fourth-order valence-corrected chi connectivity index (χ4v) is 4.88. The van der Waals surface area contributed by atoms with Crippen molar-refractivity contribution in [3.63, 3.8) is 0 Å². The van der Waals surface area contributed by atoms with Crippen molar-refractivity contribution in [1.82, 2.24) is 4.58 Å². The summed E-state index contributed by atoms with van der Waals surface area (Å²) in [5.41, 5.74) is 4.67. The van der Waals surface area contributed by atoms with Gasteiger partial charge < -0.3 is 26.8 Å². The minimum Gasteiger partial charge on any atom is -1.00 e. The summed E-state index contributed by atoms with van der Waals surface area (Å²) in [6.45, 7) is 12.0. The van der Waals surface area contributed by atoms with Crippen molar-refractivity contribution in [1.29, 1.82) is 0 Å². The van der Waals surface area contributed by atoms with Gasteiger partial charge in [-0.3, -0.25) is 0 Å². The molecule has 0 amide bonds. The quantitative estimate of drug-likeness (QED) is 0.162. The Bertz CT molecular complexity index is 1530. The molecule has 1 aliphatic heterocycles. The number of carboxylic acids is 1. The lowest BCUT2D eigenvalue weighted by Gasteiger charge is -2.22. The average Bonchev–Trinajstić information content (AvgIpc) is 2.88. The van der Waals surface area contributed by atoms with Crippen LogP contribution in [0.3, 0.4) is 0 Å². The van der Waals surface area contributed by atoms with Gasteiger partial charge in [-0.25, -0.2) is 9.37 Å². The smallest absolute Gasteiger partial charge is 0.336 e. The number of rotatable bonds is 8. The number of fused-ring (bicyclic) bond motifs is 2. The number of benzene rings is 3. The number of halogens is 1. The molecule has 1 heterocycles. The highest BCUT2D eigenvalue weighted by Crippen LogP contribution is 2.43. The topological polar surface area (TPSA) is 69.1 Å². The van der Waals surface area contributed by atoms with Crippen LogP contribution < -0.4 is 27.2 Å². The first-order chi connectivity index (χ1) is 17.4. The van der Waals surface area contributed by atoms with Crippen molar-refractivity contribution < 1.29 is 26.7 Å². The highest BCUT2D eigenvalue weighted by Gasteiger charge is 2.23. The molecule has 0 saturated heterocycles. The Balaban J connectivity index is 0.00000380. The van der Waals surface area contributed by atoms with Crippen molar-refractivity contribution in [2.75, 3.05) is 31.1 Å². The van der Waals surface area contributed by atoms with Gasteiger partial charge in [0.15, 0.2) is 0 Å². The minimum absolute atomic E-state index is 0. The maximum Gasteiger partial charge on any atom is 0.336 e. The van der Waals surface area contributed by atoms with E-state index in [2.05, 4.69) is 59.5 Å². The highest BCUT2D eigenvalue weighted by atomic mass is 35.5. The van der Waals surface area contributed by atoms with Crippen molar-refractivity contribution in [2.24, 2.45) is 4.99 Å². The summed E-state index contributed by atoms with van der Waals surface area (Å²) >= 11 is 4.80. The first-order valence-electron chi connectivity index (χ1n) is 12.2. The van der Waals surface area contributed by atoms with E-state index in [0.717, 1.165) is 53.7 Å². The SMILES string of the molecule is CCN(CC)c1ccc2c(-c3cc(N=C=S)ccc3C(=O)O)c3ccc(=[N+](CC)CC)cc-3oc2c1.[Cl-]. The zero-order valence-electron chi connectivity index (χ0n) is 21.4. The monoisotopic (exact) mass is 535 g/mol. The van der Waals surface area contributed by atoms with Gasteiger partial charge in [0, 0.05) is 47.4 Å². The number of carbonyl (C=O) groups is 1. The van der Waals surface area contributed by atoms with Crippen molar-refractivity contribution in [3.8, 4) is 22.5 Å². The maximum atomic E-state index is 12.3. The standard InChI is InChI=1S/C29H29N3O3S.ClH/c1-5-31(6-2)20-10-13-23-26(16-20)35-27-17-21(32(7-3)8-4)11-14-24(27)28(23)25-15-19(30-18-36)9-12-22(25)29(33)34;/h9-17H,5-8H2,1-4H3;1H. The zero-order valence-corrected chi connectivity index (χ0v) is 23.0. The Labute approximate surface area is 228 Å². The van der Waals surface area contributed by atoms with Crippen molar-refractivity contribution in [2.45, 2.75) is 27.7 Å². The Morgan fingerprint density at radius 2 is 1.73 bits per heavy atom. The minimum atomic E-state index is -1.01. The second-order valence-electron chi connectivity index (χ2n) is 8.42. The summed E-state index contributed by atoms with van der Waals surface area (Å²) in [4.78, 5) is 18.6. The van der Waals surface area contributed by atoms with Gasteiger partial charge in [-0.15, -0.1) is 0 Å². The number of hydrogen-bond donors (Lipinski definition) is 1. The number of nitrogens with zero attached hydrogens (tertiary/aromatic N) is 3. The number of anilines is 1. The number of aliphatic imine (C=N–C) groups is 1. The summed E-state index contributed by atoms with van der Waals surface area (Å²) in [5.74, 6) is -0.317. The molecule has 0 radical (unpaired) electrons. The predicted molar refractivity (Wildman–Crippen MR) is 150 cm³/mol. The van der Waals surface area contributed by atoms with Crippen LogP contribution in [0.4, 0.5) is 11.4 Å². The van der Waals surface area contributed by atoms with Crippen LogP contribution in [0.5, 0.6) is 0 Å². The third-order valence-corrected chi connectivity index (χ3v) is 6.72. The van der Waals surface area contributed by atoms with E-state index in [-0.39, 0.29) is 18.0 Å². The van der Waals surface area contributed by atoms with Crippen LogP contribution in [0.2, 0.25) is 0 Å². The van der Waals surface area contributed by atoms with Crippen LogP contribution in [0.15, 0.2) is 64.0 Å². The average molecular weight is 536 g/mol. The van der Waals surface area contributed by atoms with Gasteiger partial charge >= 0.3 is 5.97 Å². The first-order valence-corrected chi connectivity index (χ1v) is 12.7. The van der Waals surface area contributed by atoms with Gasteiger partial charge in [0.25, 0.3) is 0 Å². The van der Waals surface area contributed by atoms with Gasteiger partial charge in [-0.2, -0.15) is 4.99 Å². The molecule has 1 N–H and O–H groups in total. The van der Waals surface area contributed by atoms with Crippen LogP contribution in [-0.4, -0.2) is 42.4 Å². The van der Waals surface area contributed by atoms with Gasteiger partial charge in [-0.1, -0.05) is 0 Å². The molecular weight excluding hydrogens is 506 g/mol. The Kier molecular flexibility index (Phi) is 9.22. The Hall–Kier alpha value is -3.51. The third kappa shape index (κ3) is 5.44. The third-order valence-electron chi connectivity index (χ3n) is 6.62. The molecular formula is C29H30ClN3O3S. The van der Waals surface area contributed by atoms with E-state index in [4.69, 9.17) is 16.6 Å². The summed E-state index contributed by atoms with van der Waals surface area (Å²) in [6.07, 6.45) is 0. The van der Waals surface area contributed by atoms with Crippen molar-refractivity contribution >= 4 is 45.7 Å². The lowest BCUT2D eigenvalue weighted by molar-refractivity contribution is -0.0000233. The van der Waals surface area contributed by atoms with Gasteiger partial charge in [0.2, 0.25) is 5.36 Å². The highest BCUT2D eigenvalue weighted by molar-refractivity contribution is 7.78. The molecule has 6 nitrogen and oxygen atoms in total. The molecule has 192 valence electrons. The van der Waals surface area contributed by atoms with E-state index in [1.807, 2.05) is 24.3 Å². The van der Waals surface area contributed by atoms with Crippen molar-refractivity contribution in [3.05, 3.63) is 65.5 Å². The molecule has 0 atom stereocenters. The number of thiocarbonyl (C=S) groups is 1. The predicted octanol–water partition coefficient (Wildman–Crippen LogP) is 3.30. The van der Waals surface area contributed by atoms with Crippen LogP contribution in [-0.2, 0) is 0 Å². The summed E-state index contributed by atoms with van der Waals surface area (Å²) in [7, 11) is 0. The fourth-order valence-electron chi connectivity index (χ4n) is 4.78. The summed E-state index contributed by atoms with van der Waals surface area (Å²) in [6, 6.07) is 17.2.